The first-order chi connectivity index (χ1) is 1.73. The van der Waals surface area contributed by atoms with Crippen LogP contribution in [0.1, 0.15) is 0 Å². The van der Waals surface area contributed by atoms with Gasteiger partial charge >= 0.3 is 0 Å². The van der Waals surface area contributed by atoms with E-state index in [9.17, 15) is 0 Å². The van der Waals surface area contributed by atoms with E-state index in [1.54, 1.807) is 0 Å². The summed E-state index contributed by atoms with van der Waals surface area (Å²) in [5.74, 6) is 0. The average molecular weight is 465 g/mol. The van der Waals surface area contributed by atoms with Gasteiger partial charge in [-0.25, -0.2) is 0 Å². The van der Waals surface area contributed by atoms with E-state index in [-0.39, 0.29) is 47.6 Å². The molecule has 0 aromatic heterocycles. The fourth-order valence-corrected chi connectivity index (χ4v) is 0. The maximum atomic E-state index is 9.00. The third-order valence-electron chi connectivity index (χ3n) is 0. The van der Waals surface area contributed by atoms with Crippen LogP contribution in [0.15, 0.2) is 0 Å². The van der Waals surface area contributed by atoms with Crippen LogP contribution in [0, 0.1) is 0 Å². The zero-order valence-electron chi connectivity index (χ0n) is 3.54. The van der Waals surface area contributed by atoms with Crippen LogP contribution in [0.25, 0.3) is 0 Å². The molecule has 46 valence electrons. The van der Waals surface area contributed by atoms with Gasteiger partial charge in [-0.1, -0.05) is 11.1 Å². The minimum absolute atomic E-state index is 0. The molecule has 0 spiro atoms. The van der Waals surface area contributed by atoms with Gasteiger partial charge in [0.05, 0.1) is 0 Å². The van der Waals surface area contributed by atoms with Gasteiger partial charge in [-0.2, -0.15) is 0 Å². The average Bonchev–Trinajstić information content (AvgIpc) is 0.811. The van der Waals surface area contributed by atoms with Gasteiger partial charge in [0.1, 0.15) is 0 Å². The minimum atomic E-state index is -1.86. The van der Waals surface area contributed by atoms with Crippen molar-refractivity contribution in [2.75, 3.05) is 6.26 Å². The molecule has 0 aromatic carbocycles. The van der Waals surface area contributed by atoms with E-state index in [0.717, 1.165) is 6.26 Å². The van der Waals surface area contributed by atoms with E-state index >= 15 is 0 Å². The smallest absolute Gasteiger partial charge is 0 e. The maximum Gasteiger partial charge on any atom is 0 e. The molecule has 0 aromatic rings. The van der Waals surface area contributed by atoms with Crippen LogP contribution >= 0.6 is 0 Å². The van der Waals surface area contributed by atoms with E-state index in [2.05, 4.69) is 0 Å². The summed E-state index contributed by atoms with van der Waals surface area (Å²) in [6.07, 6.45) is 1.08. The van der Waals surface area contributed by atoms with Crippen molar-refractivity contribution in [3.05, 3.63) is 0 Å². The summed E-state index contributed by atoms with van der Waals surface area (Å²) < 4.78 is 18.0. The summed E-state index contributed by atoms with van der Waals surface area (Å²) in [7, 11) is 0. The zero-order chi connectivity index (χ0) is 3.58. The van der Waals surface area contributed by atoms with Crippen LogP contribution in [0.2, 0.25) is 0 Å². The van der Waals surface area contributed by atoms with Crippen molar-refractivity contribution in [1.82, 2.24) is 0 Å². The second kappa shape index (κ2) is 15.7. The summed E-state index contributed by atoms with van der Waals surface area (Å²) in [4.78, 5) is 0. The van der Waals surface area contributed by atoms with Crippen LogP contribution in [-0.4, -0.2) is 20.5 Å². The first-order valence-electron chi connectivity index (χ1n) is 0.742. The third kappa shape index (κ3) is 106. The Morgan fingerprint density at radius 2 is 1.43 bits per heavy atom. The largest absolute Gasteiger partial charge is 0.773 e. The summed E-state index contributed by atoms with van der Waals surface area (Å²) >= 11 is -1.86. The maximum absolute atomic E-state index is 9.00. The van der Waals surface area contributed by atoms with Gasteiger partial charge in [0.15, 0.2) is 0 Å². The Kier molecular flexibility index (Phi) is 53.0. The van der Waals surface area contributed by atoms with Gasteiger partial charge in [0.2, 0.25) is 0 Å². The number of hydrogen-bond donors (Lipinski definition) is 0. The van der Waals surface area contributed by atoms with Crippen LogP contribution in [0.4, 0.5) is 0 Å². The molecule has 1 unspecified atom stereocenters. The quantitative estimate of drug-likeness (QED) is 0.417. The van der Waals surface area contributed by atoms with Gasteiger partial charge in [-0.05, 0) is 6.26 Å². The Morgan fingerprint density at radius 3 is 1.43 bits per heavy atom. The molecular weight excluding hydrogens is 460 g/mol. The van der Waals surface area contributed by atoms with Crippen LogP contribution in [0.3, 0.4) is 0 Å². The molecule has 0 rings (SSSR count). The summed E-state index contributed by atoms with van der Waals surface area (Å²) in [5, 5.41) is 0. The normalized spacial score (nSPS) is 8.86. The molecule has 2 N–H and O–H groups in total. The Hall–Kier alpha value is 1.45. The van der Waals surface area contributed by atoms with Crippen molar-refractivity contribution in [1.29, 1.82) is 0 Å². The molecule has 0 radical (unpaired) electrons. The summed E-state index contributed by atoms with van der Waals surface area (Å²) in [6, 6.07) is 0. The van der Waals surface area contributed by atoms with Crippen molar-refractivity contribution in [2.24, 2.45) is 0 Å². The van der Waals surface area contributed by atoms with Gasteiger partial charge < -0.3 is 10.0 Å². The molecule has 0 amide bonds. The van der Waals surface area contributed by atoms with Gasteiger partial charge in [0, 0.05) is 42.1 Å². The van der Waals surface area contributed by atoms with Gasteiger partial charge in [-0.15, -0.1) is 0 Å². The topological polar surface area (TPSA) is 71.6 Å². The molecule has 6 heteroatoms. The van der Waals surface area contributed by atoms with Crippen molar-refractivity contribution < 1.29 is 56.4 Å². The molecule has 7 heavy (non-hydrogen) atoms. The second-order valence-corrected chi connectivity index (χ2v) is 1.20. The van der Waals surface area contributed by atoms with E-state index < -0.39 is 11.1 Å². The first-order valence-corrected chi connectivity index (χ1v) is 2.22. The van der Waals surface area contributed by atoms with Crippen molar-refractivity contribution in [3.8, 4) is 0 Å². The minimum Gasteiger partial charge on any atom is -0.773 e. The van der Waals surface area contributed by atoms with Crippen molar-refractivity contribution in [3.63, 3.8) is 0 Å². The molecule has 0 bridgehead atoms. The molecule has 0 aliphatic rings. The van der Waals surface area contributed by atoms with E-state index in [4.69, 9.17) is 8.76 Å². The first kappa shape index (κ1) is 23.7. The van der Waals surface area contributed by atoms with Crippen LogP contribution in [-0.2, 0) is 53.2 Å². The Bertz CT molecular complexity index is 35.9. The zero-order valence-corrected chi connectivity index (χ0v) is 10.2. The Morgan fingerprint density at radius 1 is 1.43 bits per heavy atom. The van der Waals surface area contributed by atoms with Gasteiger partial charge in [-0.3, -0.25) is 4.21 Å². The van der Waals surface area contributed by atoms with E-state index in [0.29, 0.717) is 0 Å². The molecule has 0 aliphatic carbocycles. The molecule has 0 heterocycles. The van der Waals surface area contributed by atoms with E-state index in [1.165, 1.54) is 0 Å². The molecule has 0 saturated heterocycles. The molecule has 0 aliphatic heterocycles. The fraction of sp³-hybridized carbons (Fsp3) is 1.00. The summed E-state index contributed by atoms with van der Waals surface area (Å²) in [5.41, 5.74) is 0. The molecule has 3 nitrogen and oxygen atoms in total. The van der Waals surface area contributed by atoms with E-state index in [1.807, 2.05) is 0 Å². The van der Waals surface area contributed by atoms with Crippen molar-refractivity contribution in [2.45, 2.75) is 0 Å². The second-order valence-electron chi connectivity index (χ2n) is 0.401. The predicted octanol–water partition coefficient (Wildman–Crippen LogP) is -1.33. The SMILES string of the molecule is CS(=O)[O-].O.[W].[W]. The molecule has 0 fully saturated rings. The monoisotopic (exact) mass is 465 g/mol. The van der Waals surface area contributed by atoms with Gasteiger partial charge in [0.25, 0.3) is 0 Å². The van der Waals surface area contributed by atoms with Crippen LogP contribution in [0.5, 0.6) is 0 Å². The molecular formula is CH5O3SW2-. The third-order valence-corrected chi connectivity index (χ3v) is 0. The summed E-state index contributed by atoms with van der Waals surface area (Å²) in [6.45, 7) is 0. The fourth-order valence-electron chi connectivity index (χ4n) is 0. The number of rotatable bonds is 0. The predicted molar refractivity (Wildman–Crippen MR) is 18.5 cm³/mol. The standard InChI is InChI=1S/CH4O2S.H2O.2W/c1-4(2)3;;;/h1H3,(H,2,3);1H2;;/p-1. The molecule has 1 atom stereocenters. The number of hydrogen-bond acceptors (Lipinski definition) is 2. The van der Waals surface area contributed by atoms with Crippen molar-refractivity contribution >= 4 is 11.1 Å². The Balaban J connectivity index is -0.0000000150. The molecule has 0 saturated carbocycles. The Labute approximate surface area is 73.4 Å². The van der Waals surface area contributed by atoms with Crippen LogP contribution < -0.4 is 0 Å².